The zero-order valence-corrected chi connectivity index (χ0v) is 8.41. The molecule has 1 aliphatic rings. The number of aliphatic carboxylic acids is 1. The molecule has 0 aromatic carbocycles. The van der Waals surface area contributed by atoms with Crippen LogP contribution in [-0.2, 0) is 4.79 Å². The van der Waals surface area contributed by atoms with E-state index in [4.69, 9.17) is 45.6 Å². The molecule has 72 valence electrons. The maximum absolute atomic E-state index is 10.6. The van der Waals surface area contributed by atoms with Crippen LogP contribution in [0.3, 0.4) is 0 Å². The first-order valence-corrected chi connectivity index (χ1v) is 4.24. The number of carboxylic acid groups (broad SMARTS) is 1. The van der Waals surface area contributed by atoms with Crippen molar-refractivity contribution in [2.75, 3.05) is 0 Å². The van der Waals surface area contributed by atoms with E-state index >= 15 is 0 Å². The standard InChI is InChI=1S/C6H5Cl3N2O2/c7-2-1-11-3(5(12)13)4(8)6(2,9)10/h1,11H,10H2,(H,12,13). The van der Waals surface area contributed by atoms with Crippen LogP contribution in [0.15, 0.2) is 22.0 Å². The topological polar surface area (TPSA) is 75.3 Å². The highest BCUT2D eigenvalue weighted by Crippen LogP contribution is 2.36. The molecule has 0 aliphatic carbocycles. The first-order valence-electron chi connectivity index (χ1n) is 3.11. The number of rotatable bonds is 1. The van der Waals surface area contributed by atoms with E-state index in [-0.39, 0.29) is 15.8 Å². The van der Waals surface area contributed by atoms with E-state index in [2.05, 4.69) is 5.32 Å². The molecule has 13 heavy (non-hydrogen) atoms. The lowest BCUT2D eigenvalue weighted by Gasteiger charge is -2.26. The number of halogens is 3. The fraction of sp³-hybridized carbons (Fsp3) is 0.167. The SMILES string of the molecule is NC1(Cl)C(Cl)=CNC(C(=O)O)=C1Cl. The average molecular weight is 243 g/mol. The van der Waals surface area contributed by atoms with Crippen LogP contribution in [0.25, 0.3) is 0 Å². The van der Waals surface area contributed by atoms with Crippen LogP contribution in [0.2, 0.25) is 0 Å². The van der Waals surface area contributed by atoms with E-state index in [0.717, 1.165) is 0 Å². The van der Waals surface area contributed by atoms with Gasteiger partial charge in [-0.3, -0.25) is 0 Å². The molecule has 1 atom stereocenters. The summed E-state index contributed by atoms with van der Waals surface area (Å²) in [7, 11) is 0. The molecule has 1 rings (SSSR count). The van der Waals surface area contributed by atoms with Gasteiger partial charge in [0.25, 0.3) is 0 Å². The fourth-order valence-electron chi connectivity index (χ4n) is 0.746. The molecular weight excluding hydrogens is 238 g/mol. The number of nitrogens with two attached hydrogens (primary N) is 1. The van der Waals surface area contributed by atoms with Crippen LogP contribution in [0, 0.1) is 0 Å². The van der Waals surface area contributed by atoms with Gasteiger partial charge < -0.3 is 16.2 Å². The van der Waals surface area contributed by atoms with Crippen molar-refractivity contribution in [3.63, 3.8) is 0 Å². The number of hydrogen-bond donors (Lipinski definition) is 3. The predicted octanol–water partition coefficient (Wildman–Crippen LogP) is 1.10. The van der Waals surface area contributed by atoms with Gasteiger partial charge in [-0.15, -0.1) is 0 Å². The molecular formula is C6H5Cl3N2O2. The monoisotopic (exact) mass is 242 g/mol. The van der Waals surface area contributed by atoms with E-state index in [9.17, 15) is 4.79 Å². The Labute approximate surface area is 88.9 Å². The maximum Gasteiger partial charge on any atom is 0.353 e. The highest BCUT2D eigenvalue weighted by molar-refractivity contribution is 6.47. The van der Waals surface area contributed by atoms with Crippen molar-refractivity contribution in [2.24, 2.45) is 5.73 Å². The molecule has 0 fully saturated rings. The van der Waals surface area contributed by atoms with Crippen LogP contribution in [-0.4, -0.2) is 16.1 Å². The Bertz CT molecular complexity index is 322. The molecule has 0 aromatic heterocycles. The second-order valence-corrected chi connectivity index (χ2v) is 3.72. The molecule has 7 heteroatoms. The van der Waals surface area contributed by atoms with Gasteiger partial charge in [0, 0.05) is 6.20 Å². The van der Waals surface area contributed by atoms with Crippen LogP contribution >= 0.6 is 34.8 Å². The minimum Gasteiger partial charge on any atom is -0.477 e. The fourth-order valence-corrected chi connectivity index (χ4v) is 1.33. The number of dihydropyridines is 1. The van der Waals surface area contributed by atoms with Gasteiger partial charge in [-0.1, -0.05) is 34.8 Å². The summed E-state index contributed by atoms with van der Waals surface area (Å²) >= 11 is 16.9. The number of alkyl halides is 1. The van der Waals surface area contributed by atoms with Gasteiger partial charge in [0.2, 0.25) is 0 Å². The molecule has 0 bridgehead atoms. The lowest BCUT2D eigenvalue weighted by Crippen LogP contribution is -2.41. The van der Waals surface area contributed by atoms with E-state index in [1.165, 1.54) is 6.20 Å². The molecule has 0 amide bonds. The van der Waals surface area contributed by atoms with E-state index < -0.39 is 11.0 Å². The molecule has 1 heterocycles. The van der Waals surface area contributed by atoms with Crippen LogP contribution in [0.5, 0.6) is 0 Å². The minimum absolute atomic E-state index is 0.0316. The van der Waals surface area contributed by atoms with Crippen LogP contribution in [0.1, 0.15) is 0 Å². The summed E-state index contributed by atoms with van der Waals surface area (Å²) in [6.45, 7) is 0. The first-order chi connectivity index (χ1) is 5.87. The van der Waals surface area contributed by atoms with E-state index in [0.29, 0.717) is 0 Å². The Morgan fingerprint density at radius 1 is 1.62 bits per heavy atom. The quantitative estimate of drug-likeness (QED) is 0.476. The summed E-state index contributed by atoms with van der Waals surface area (Å²) in [5.74, 6) is -1.25. The van der Waals surface area contributed by atoms with Crippen molar-refractivity contribution in [2.45, 2.75) is 5.00 Å². The normalized spacial score (nSPS) is 28.2. The van der Waals surface area contributed by atoms with Crippen molar-refractivity contribution in [3.8, 4) is 0 Å². The maximum atomic E-state index is 10.6. The predicted molar refractivity (Wildman–Crippen MR) is 50.4 cm³/mol. The van der Waals surface area contributed by atoms with Crippen molar-refractivity contribution < 1.29 is 9.90 Å². The summed E-state index contributed by atoms with van der Waals surface area (Å²) in [5, 5.41) is 10.8. The van der Waals surface area contributed by atoms with E-state index in [1.54, 1.807) is 0 Å². The molecule has 4 nitrogen and oxygen atoms in total. The summed E-state index contributed by atoms with van der Waals surface area (Å²) < 4.78 is 0. The summed E-state index contributed by atoms with van der Waals surface area (Å²) in [5.41, 5.74) is 5.19. The van der Waals surface area contributed by atoms with Gasteiger partial charge in [-0.25, -0.2) is 4.79 Å². The molecule has 1 unspecified atom stereocenters. The molecule has 0 spiro atoms. The van der Waals surface area contributed by atoms with Crippen molar-refractivity contribution in [1.29, 1.82) is 0 Å². The Kier molecular flexibility index (Phi) is 2.77. The second-order valence-electron chi connectivity index (χ2n) is 2.34. The lowest BCUT2D eigenvalue weighted by molar-refractivity contribution is -0.133. The highest BCUT2D eigenvalue weighted by Gasteiger charge is 2.37. The minimum atomic E-state index is -1.65. The molecule has 0 radical (unpaired) electrons. The molecule has 0 aromatic rings. The zero-order chi connectivity index (χ0) is 10.2. The molecule has 0 saturated carbocycles. The van der Waals surface area contributed by atoms with Crippen LogP contribution in [0.4, 0.5) is 0 Å². The summed E-state index contributed by atoms with van der Waals surface area (Å²) in [6.07, 6.45) is 1.18. The first kappa shape index (κ1) is 10.7. The molecule has 1 aliphatic heterocycles. The highest BCUT2D eigenvalue weighted by atomic mass is 35.5. The third-order valence-corrected chi connectivity index (χ3v) is 2.92. The number of hydrogen-bond acceptors (Lipinski definition) is 3. The molecule has 0 saturated heterocycles. The van der Waals surface area contributed by atoms with Gasteiger partial charge in [0.1, 0.15) is 5.70 Å². The summed E-state index contributed by atoms with van der Waals surface area (Å²) in [6, 6.07) is 0. The van der Waals surface area contributed by atoms with Gasteiger partial charge in [-0.05, 0) is 0 Å². The number of carboxylic acids is 1. The van der Waals surface area contributed by atoms with Crippen molar-refractivity contribution >= 4 is 40.8 Å². The summed E-state index contributed by atoms with van der Waals surface area (Å²) in [4.78, 5) is 8.92. The average Bonchev–Trinajstić information content (AvgIpc) is 2.01. The Balaban J connectivity index is 3.17. The van der Waals surface area contributed by atoms with Crippen molar-refractivity contribution in [3.05, 3.63) is 22.0 Å². The van der Waals surface area contributed by atoms with Crippen molar-refractivity contribution in [1.82, 2.24) is 5.32 Å². The smallest absolute Gasteiger partial charge is 0.353 e. The van der Waals surface area contributed by atoms with Gasteiger partial charge >= 0.3 is 5.97 Å². The van der Waals surface area contributed by atoms with Gasteiger partial charge in [0.05, 0.1) is 10.1 Å². The third-order valence-electron chi connectivity index (χ3n) is 1.44. The number of nitrogens with one attached hydrogen (secondary N) is 1. The zero-order valence-electron chi connectivity index (χ0n) is 6.14. The number of carbonyl (C=O) groups is 1. The Morgan fingerprint density at radius 3 is 2.62 bits per heavy atom. The van der Waals surface area contributed by atoms with Gasteiger partial charge in [-0.2, -0.15) is 0 Å². The second kappa shape index (κ2) is 3.38. The Hall–Kier alpha value is -0.420. The lowest BCUT2D eigenvalue weighted by atomic mass is 10.2. The third kappa shape index (κ3) is 1.76. The van der Waals surface area contributed by atoms with E-state index in [1.807, 2.05) is 0 Å². The van der Waals surface area contributed by atoms with Gasteiger partial charge in [0.15, 0.2) is 5.00 Å². The molecule has 4 N–H and O–H groups in total. The van der Waals surface area contributed by atoms with Crippen LogP contribution < -0.4 is 11.1 Å². The largest absolute Gasteiger partial charge is 0.477 e. The Morgan fingerprint density at radius 2 is 2.15 bits per heavy atom.